The molecule has 0 amide bonds. The molecule has 0 spiro atoms. The third-order valence-electron chi connectivity index (χ3n) is 4.11. The van der Waals surface area contributed by atoms with Crippen LogP contribution in [0.5, 0.6) is 0 Å². The van der Waals surface area contributed by atoms with E-state index in [4.69, 9.17) is 0 Å². The number of hydrogen-bond donors (Lipinski definition) is 0. The van der Waals surface area contributed by atoms with Crippen LogP contribution in [0.3, 0.4) is 0 Å². The van der Waals surface area contributed by atoms with Crippen molar-refractivity contribution in [2.75, 3.05) is 14.1 Å². The number of aryl methyl sites for hydroxylation is 1. The van der Waals surface area contributed by atoms with Crippen LogP contribution in [0.25, 0.3) is 0 Å². The van der Waals surface area contributed by atoms with Crippen molar-refractivity contribution in [2.45, 2.75) is 36.1 Å². The molecule has 2 aromatic carbocycles. The monoisotopic (exact) mass is 313 g/mol. The molecule has 2 nitrogen and oxygen atoms in total. The number of ketones is 1. The molecule has 0 bridgehead atoms. The number of carbonyl (C=O) groups excluding carboxylic acids is 1. The molecule has 0 aromatic heterocycles. The molecule has 116 valence electrons. The van der Waals surface area contributed by atoms with Gasteiger partial charge in [-0.05, 0) is 58.6 Å². The molecule has 0 saturated heterocycles. The minimum Gasteiger partial charge on any atom is -0.297 e. The van der Waals surface area contributed by atoms with E-state index in [1.165, 1.54) is 10.5 Å². The van der Waals surface area contributed by atoms with E-state index in [2.05, 4.69) is 19.1 Å². The molecule has 3 heteroatoms. The molecule has 0 unspecified atom stereocenters. The smallest absolute Gasteiger partial charge is 0.182 e. The normalized spacial score (nSPS) is 11.7. The molecule has 0 heterocycles. The fraction of sp³-hybridized carbons (Fsp3) is 0.316. The first-order valence-corrected chi connectivity index (χ1v) is 8.20. The van der Waals surface area contributed by atoms with E-state index in [9.17, 15) is 4.79 Å². The fourth-order valence-corrected chi connectivity index (χ4v) is 2.93. The minimum atomic E-state index is -0.495. The quantitative estimate of drug-likeness (QED) is 0.748. The molecule has 22 heavy (non-hydrogen) atoms. The van der Waals surface area contributed by atoms with Crippen molar-refractivity contribution in [3.63, 3.8) is 0 Å². The van der Waals surface area contributed by atoms with Crippen molar-refractivity contribution in [2.24, 2.45) is 0 Å². The SMILES string of the molecule is Cc1ccccc1Sc1ccc(C(=O)C(C)(C)N(C)C)cc1. The molecule has 0 saturated carbocycles. The van der Waals surface area contributed by atoms with Gasteiger partial charge in [0.05, 0.1) is 5.54 Å². The van der Waals surface area contributed by atoms with Crippen molar-refractivity contribution in [3.05, 3.63) is 59.7 Å². The van der Waals surface area contributed by atoms with Crippen molar-refractivity contribution >= 4 is 17.5 Å². The summed E-state index contributed by atoms with van der Waals surface area (Å²) in [6, 6.07) is 16.2. The van der Waals surface area contributed by atoms with E-state index in [1.807, 2.05) is 69.2 Å². The number of Topliss-reactive ketones (excluding diaryl/α,β-unsaturated/α-hetero) is 1. The summed E-state index contributed by atoms with van der Waals surface area (Å²) in [4.78, 5) is 16.9. The summed E-state index contributed by atoms with van der Waals surface area (Å²) in [5.74, 6) is 0.143. The second kappa shape index (κ2) is 6.67. The number of likely N-dealkylation sites (N-methyl/N-ethyl adjacent to an activating group) is 1. The lowest BCUT2D eigenvalue weighted by Gasteiger charge is -2.30. The Kier molecular flexibility index (Phi) is 5.09. The number of nitrogens with zero attached hydrogens (tertiary/aromatic N) is 1. The molecule has 0 fully saturated rings. The molecular formula is C19H23NOS. The molecule has 0 N–H and O–H groups in total. The van der Waals surface area contributed by atoms with Gasteiger partial charge in [0.1, 0.15) is 0 Å². The zero-order chi connectivity index (χ0) is 16.3. The highest BCUT2D eigenvalue weighted by Gasteiger charge is 2.30. The molecule has 0 radical (unpaired) electrons. The van der Waals surface area contributed by atoms with Crippen LogP contribution in [0.1, 0.15) is 29.8 Å². The molecule has 0 aliphatic carbocycles. The van der Waals surface area contributed by atoms with Gasteiger partial charge in [-0.25, -0.2) is 0 Å². The highest BCUT2D eigenvalue weighted by atomic mass is 32.2. The third-order valence-corrected chi connectivity index (χ3v) is 5.30. The summed E-state index contributed by atoms with van der Waals surface area (Å²) in [5, 5.41) is 0. The Labute approximate surface area is 137 Å². The highest BCUT2D eigenvalue weighted by Crippen LogP contribution is 2.30. The Balaban J connectivity index is 2.18. The summed E-state index contributed by atoms with van der Waals surface area (Å²) in [5.41, 5.74) is 1.53. The van der Waals surface area contributed by atoms with Gasteiger partial charge in [0, 0.05) is 15.4 Å². The van der Waals surface area contributed by atoms with Crippen LogP contribution in [0.4, 0.5) is 0 Å². The maximum Gasteiger partial charge on any atom is 0.182 e. The van der Waals surface area contributed by atoms with Gasteiger partial charge < -0.3 is 0 Å². The topological polar surface area (TPSA) is 20.3 Å². The zero-order valence-electron chi connectivity index (χ0n) is 13.9. The Morgan fingerprint density at radius 2 is 1.59 bits per heavy atom. The van der Waals surface area contributed by atoms with Crippen molar-refractivity contribution in [3.8, 4) is 0 Å². The maximum absolute atomic E-state index is 12.6. The highest BCUT2D eigenvalue weighted by molar-refractivity contribution is 7.99. The first-order chi connectivity index (χ1) is 10.3. The largest absolute Gasteiger partial charge is 0.297 e. The van der Waals surface area contributed by atoms with E-state index in [1.54, 1.807) is 11.8 Å². The number of hydrogen-bond acceptors (Lipinski definition) is 3. The summed E-state index contributed by atoms with van der Waals surface area (Å²) in [6.45, 7) is 6.01. The zero-order valence-corrected chi connectivity index (χ0v) is 14.7. The van der Waals surface area contributed by atoms with Crippen LogP contribution in [0.15, 0.2) is 58.3 Å². The van der Waals surface area contributed by atoms with Crippen LogP contribution in [-0.4, -0.2) is 30.3 Å². The standard InChI is InChI=1S/C19H23NOS/c1-14-8-6-7-9-17(14)22-16-12-10-15(11-13-16)18(21)19(2,3)20(4)5/h6-13H,1-5H3. The van der Waals surface area contributed by atoms with Gasteiger partial charge in [-0.15, -0.1) is 0 Å². The number of carbonyl (C=O) groups is 1. The van der Waals surface area contributed by atoms with E-state index in [0.29, 0.717) is 0 Å². The predicted molar refractivity (Wildman–Crippen MR) is 93.8 cm³/mol. The van der Waals surface area contributed by atoms with Crippen LogP contribution in [0, 0.1) is 6.92 Å². The van der Waals surface area contributed by atoms with Crippen LogP contribution < -0.4 is 0 Å². The number of benzene rings is 2. The summed E-state index contributed by atoms with van der Waals surface area (Å²) in [7, 11) is 3.86. The Morgan fingerprint density at radius 1 is 1.00 bits per heavy atom. The van der Waals surface area contributed by atoms with E-state index in [-0.39, 0.29) is 5.78 Å². The lowest BCUT2D eigenvalue weighted by molar-refractivity contribution is 0.0755. The average molecular weight is 313 g/mol. The van der Waals surface area contributed by atoms with E-state index >= 15 is 0 Å². The molecular weight excluding hydrogens is 290 g/mol. The van der Waals surface area contributed by atoms with Gasteiger partial charge in [0.15, 0.2) is 5.78 Å². The van der Waals surface area contributed by atoms with Crippen molar-refractivity contribution < 1.29 is 4.79 Å². The van der Waals surface area contributed by atoms with Gasteiger partial charge in [0.25, 0.3) is 0 Å². The van der Waals surface area contributed by atoms with Crippen LogP contribution >= 0.6 is 11.8 Å². The Morgan fingerprint density at radius 3 is 2.14 bits per heavy atom. The Bertz CT molecular complexity index is 659. The second-order valence-electron chi connectivity index (χ2n) is 6.17. The predicted octanol–water partition coefficient (Wildman–Crippen LogP) is 4.67. The lowest BCUT2D eigenvalue weighted by atomic mass is 9.92. The summed E-state index contributed by atoms with van der Waals surface area (Å²) in [6.07, 6.45) is 0. The average Bonchev–Trinajstić information content (AvgIpc) is 2.49. The van der Waals surface area contributed by atoms with E-state index in [0.717, 1.165) is 10.5 Å². The first-order valence-electron chi connectivity index (χ1n) is 7.38. The van der Waals surface area contributed by atoms with Gasteiger partial charge in [-0.1, -0.05) is 42.1 Å². The summed E-state index contributed by atoms with van der Waals surface area (Å²) < 4.78 is 0. The van der Waals surface area contributed by atoms with Crippen molar-refractivity contribution in [1.29, 1.82) is 0 Å². The molecule has 0 aliphatic heterocycles. The molecule has 2 rings (SSSR count). The van der Waals surface area contributed by atoms with Gasteiger partial charge in [-0.3, -0.25) is 9.69 Å². The minimum absolute atomic E-state index is 0.143. The van der Waals surface area contributed by atoms with Crippen LogP contribution in [-0.2, 0) is 0 Å². The lowest BCUT2D eigenvalue weighted by Crippen LogP contribution is -2.45. The Hall–Kier alpha value is -1.58. The van der Waals surface area contributed by atoms with Gasteiger partial charge in [-0.2, -0.15) is 0 Å². The van der Waals surface area contributed by atoms with Crippen molar-refractivity contribution in [1.82, 2.24) is 4.90 Å². The second-order valence-corrected chi connectivity index (χ2v) is 7.29. The van der Waals surface area contributed by atoms with E-state index < -0.39 is 5.54 Å². The number of rotatable bonds is 5. The molecule has 0 aliphatic rings. The third kappa shape index (κ3) is 3.60. The first kappa shape index (κ1) is 16.8. The maximum atomic E-state index is 12.6. The van der Waals surface area contributed by atoms with Gasteiger partial charge in [0.2, 0.25) is 0 Å². The van der Waals surface area contributed by atoms with Crippen LogP contribution in [0.2, 0.25) is 0 Å². The molecule has 0 atom stereocenters. The summed E-state index contributed by atoms with van der Waals surface area (Å²) >= 11 is 1.73. The van der Waals surface area contributed by atoms with Gasteiger partial charge >= 0.3 is 0 Å². The molecule has 2 aromatic rings. The fourth-order valence-electron chi connectivity index (χ4n) is 2.03.